The highest BCUT2D eigenvalue weighted by molar-refractivity contribution is 6.30. The van der Waals surface area contributed by atoms with Crippen molar-refractivity contribution in [3.63, 3.8) is 0 Å². The number of rotatable bonds is 6. The first-order chi connectivity index (χ1) is 18.5. The predicted molar refractivity (Wildman–Crippen MR) is 146 cm³/mol. The molecule has 1 amide bonds. The van der Waals surface area contributed by atoms with Crippen molar-refractivity contribution >= 4 is 29.2 Å². The van der Waals surface area contributed by atoms with Gasteiger partial charge >= 0.3 is 12.1 Å². The second kappa shape index (κ2) is 14.1. The quantitative estimate of drug-likeness (QED) is 0.373. The van der Waals surface area contributed by atoms with E-state index in [4.69, 9.17) is 21.5 Å². The number of carbonyl (C=O) groups excluding carboxylic acids is 1. The highest BCUT2D eigenvalue weighted by Crippen LogP contribution is 2.17. The summed E-state index contributed by atoms with van der Waals surface area (Å²) in [6.07, 6.45) is -3.91. The number of carboxylic acids is 1. The Bertz CT molecular complexity index is 1240. The minimum Gasteiger partial charge on any atom is -0.475 e. The van der Waals surface area contributed by atoms with E-state index in [9.17, 15) is 18.0 Å². The maximum absolute atomic E-state index is 12.5. The molecule has 1 aliphatic heterocycles. The molecule has 1 fully saturated rings. The Balaban J connectivity index is 0.000000532. The summed E-state index contributed by atoms with van der Waals surface area (Å²) < 4.78 is 31.7. The monoisotopic (exact) mass is 561 g/mol. The molecule has 1 aliphatic rings. The Morgan fingerprint density at radius 3 is 2.00 bits per heavy atom. The molecule has 0 spiro atoms. The van der Waals surface area contributed by atoms with Gasteiger partial charge in [0, 0.05) is 42.5 Å². The summed E-state index contributed by atoms with van der Waals surface area (Å²) in [6.45, 7) is 8.51. The molecule has 4 rings (SSSR count). The van der Waals surface area contributed by atoms with Crippen LogP contribution in [0.3, 0.4) is 0 Å². The molecule has 0 aromatic heterocycles. The third kappa shape index (κ3) is 10.0. The molecule has 10 heteroatoms. The third-order valence-corrected chi connectivity index (χ3v) is 6.56. The maximum Gasteiger partial charge on any atom is 0.490 e. The smallest absolute Gasteiger partial charge is 0.475 e. The lowest BCUT2D eigenvalue weighted by atomic mass is 10.1. The number of benzene rings is 3. The lowest BCUT2D eigenvalue weighted by Crippen LogP contribution is -2.30. The summed E-state index contributed by atoms with van der Waals surface area (Å²) in [6, 6.07) is 23.7. The third-order valence-electron chi connectivity index (χ3n) is 6.30. The van der Waals surface area contributed by atoms with Crippen LogP contribution in [0.2, 0.25) is 5.02 Å². The molecule has 208 valence electrons. The van der Waals surface area contributed by atoms with Crippen LogP contribution in [0, 0.1) is 6.92 Å². The van der Waals surface area contributed by atoms with Gasteiger partial charge in [-0.3, -0.25) is 14.6 Å². The normalized spacial score (nSPS) is 14.6. The number of carboxylic acid groups (broad SMARTS) is 1. The predicted octanol–water partition coefficient (Wildman–Crippen LogP) is 6.24. The average Bonchev–Trinajstić information content (AvgIpc) is 3.12. The Morgan fingerprint density at radius 1 is 0.872 bits per heavy atom. The zero-order valence-corrected chi connectivity index (χ0v) is 22.3. The lowest BCUT2D eigenvalue weighted by Gasteiger charge is -2.22. The van der Waals surface area contributed by atoms with E-state index in [1.807, 2.05) is 12.1 Å². The first-order valence-electron chi connectivity index (χ1n) is 12.5. The number of hydrogen-bond donors (Lipinski definition) is 2. The Morgan fingerprint density at radius 2 is 1.44 bits per heavy atom. The van der Waals surface area contributed by atoms with Crippen molar-refractivity contribution < 1.29 is 27.9 Å². The van der Waals surface area contributed by atoms with Crippen molar-refractivity contribution in [3.05, 3.63) is 100 Å². The van der Waals surface area contributed by atoms with E-state index in [2.05, 4.69) is 58.4 Å². The average molecular weight is 562 g/mol. The molecular weight excluding hydrogens is 531 g/mol. The van der Waals surface area contributed by atoms with Crippen molar-refractivity contribution in [2.75, 3.05) is 31.5 Å². The molecule has 3 aromatic rings. The molecule has 0 saturated carbocycles. The van der Waals surface area contributed by atoms with Crippen LogP contribution in [-0.4, -0.2) is 59.1 Å². The SMILES string of the molecule is Cc1ccccc1CN1CCCN(Cc2ccc(C(=O)Nc3ccc(Cl)cc3)cc2)CC1.O=C(O)C(F)(F)F. The molecular formula is C29H31ClF3N3O3. The zero-order chi connectivity index (χ0) is 28.4. The van der Waals surface area contributed by atoms with Gasteiger partial charge < -0.3 is 10.4 Å². The second-order valence-corrected chi connectivity index (χ2v) is 9.73. The van der Waals surface area contributed by atoms with Crippen LogP contribution in [0.15, 0.2) is 72.8 Å². The summed E-state index contributed by atoms with van der Waals surface area (Å²) in [5, 5.41) is 10.7. The number of amides is 1. The highest BCUT2D eigenvalue weighted by Gasteiger charge is 2.38. The van der Waals surface area contributed by atoms with Gasteiger partial charge in [0.25, 0.3) is 5.91 Å². The number of nitrogens with one attached hydrogen (secondary N) is 1. The summed E-state index contributed by atoms with van der Waals surface area (Å²) in [5.74, 6) is -2.87. The molecule has 39 heavy (non-hydrogen) atoms. The zero-order valence-electron chi connectivity index (χ0n) is 21.5. The van der Waals surface area contributed by atoms with Gasteiger partial charge in [-0.2, -0.15) is 13.2 Å². The molecule has 1 heterocycles. The van der Waals surface area contributed by atoms with E-state index in [-0.39, 0.29) is 5.91 Å². The van der Waals surface area contributed by atoms with E-state index in [1.54, 1.807) is 24.3 Å². The van der Waals surface area contributed by atoms with Crippen LogP contribution in [0.25, 0.3) is 0 Å². The van der Waals surface area contributed by atoms with Crippen LogP contribution in [0.5, 0.6) is 0 Å². The van der Waals surface area contributed by atoms with Crippen LogP contribution in [0.4, 0.5) is 18.9 Å². The molecule has 1 saturated heterocycles. The van der Waals surface area contributed by atoms with Crippen LogP contribution < -0.4 is 5.32 Å². The minimum atomic E-state index is -5.08. The van der Waals surface area contributed by atoms with Crippen molar-refractivity contribution in [2.45, 2.75) is 32.6 Å². The van der Waals surface area contributed by atoms with E-state index in [1.165, 1.54) is 23.1 Å². The fourth-order valence-corrected chi connectivity index (χ4v) is 4.25. The summed E-state index contributed by atoms with van der Waals surface area (Å²) in [7, 11) is 0. The Labute approximate surface area is 231 Å². The number of hydrogen-bond acceptors (Lipinski definition) is 4. The molecule has 0 radical (unpaired) electrons. The first kappa shape index (κ1) is 30.1. The molecule has 2 N–H and O–H groups in total. The molecule has 3 aromatic carbocycles. The summed E-state index contributed by atoms with van der Waals surface area (Å²) in [5.41, 5.74) is 5.43. The Kier molecular flexibility index (Phi) is 10.9. The molecule has 0 atom stereocenters. The largest absolute Gasteiger partial charge is 0.490 e. The fraction of sp³-hybridized carbons (Fsp3) is 0.310. The van der Waals surface area contributed by atoms with E-state index in [0.717, 1.165) is 45.0 Å². The number of anilines is 1. The molecule has 6 nitrogen and oxygen atoms in total. The maximum atomic E-state index is 12.5. The number of alkyl halides is 3. The fourth-order valence-electron chi connectivity index (χ4n) is 4.13. The van der Waals surface area contributed by atoms with Crippen LogP contribution in [-0.2, 0) is 17.9 Å². The minimum absolute atomic E-state index is 0.111. The lowest BCUT2D eigenvalue weighted by molar-refractivity contribution is -0.192. The van der Waals surface area contributed by atoms with E-state index < -0.39 is 12.1 Å². The van der Waals surface area contributed by atoms with Gasteiger partial charge in [-0.25, -0.2) is 4.79 Å². The Hall–Kier alpha value is -3.40. The number of aliphatic carboxylic acids is 1. The molecule has 0 bridgehead atoms. The molecule has 0 unspecified atom stereocenters. The number of halogens is 4. The van der Waals surface area contributed by atoms with Crippen molar-refractivity contribution in [2.24, 2.45) is 0 Å². The van der Waals surface area contributed by atoms with Crippen LogP contribution >= 0.6 is 11.6 Å². The van der Waals surface area contributed by atoms with E-state index >= 15 is 0 Å². The van der Waals surface area contributed by atoms with Crippen molar-refractivity contribution in [1.29, 1.82) is 0 Å². The second-order valence-electron chi connectivity index (χ2n) is 9.29. The summed E-state index contributed by atoms with van der Waals surface area (Å²) in [4.78, 5) is 26.5. The standard InChI is InChI=1S/C27H30ClN3O.C2HF3O2/c1-21-5-2-3-6-24(21)20-31-16-4-15-30(17-18-31)19-22-7-9-23(10-8-22)27(32)29-26-13-11-25(28)12-14-26;3-2(4,5)1(6)7/h2-3,5-14H,4,15-20H2,1H3,(H,29,32);(H,6,7). The van der Waals surface area contributed by atoms with Gasteiger partial charge in [0.2, 0.25) is 0 Å². The summed E-state index contributed by atoms with van der Waals surface area (Å²) >= 11 is 5.90. The van der Waals surface area contributed by atoms with Gasteiger partial charge in [0.05, 0.1) is 0 Å². The van der Waals surface area contributed by atoms with Crippen molar-refractivity contribution in [3.8, 4) is 0 Å². The molecule has 0 aliphatic carbocycles. The van der Waals surface area contributed by atoms with Gasteiger partial charge in [0.15, 0.2) is 0 Å². The van der Waals surface area contributed by atoms with Gasteiger partial charge in [-0.1, -0.05) is 48.0 Å². The highest BCUT2D eigenvalue weighted by atomic mass is 35.5. The topological polar surface area (TPSA) is 72.9 Å². The number of aryl methyl sites for hydroxylation is 1. The number of nitrogens with zero attached hydrogens (tertiary/aromatic N) is 2. The van der Waals surface area contributed by atoms with Crippen LogP contribution in [0.1, 0.15) is 33.5 Å². The number of carbonyl (C=O) groups is 2. The van der Waals surface area contributed by atoms with Gasteiger partial charge in [-0.05, 0) is 79.5 Å². The first-order valence-corrected chi connectivity index (χ1v) is 12.8. The van der Waals surface area contributed by atoms with Gasteiger partial charge in [-0.15, -0.1) is 0 Å². The van der Waals surface area contributed by atoms with Crippen molar-refractivity contribution in [1.82, 2.24) is 9.80 Å². The van der Waals surface area contributed by atoms with E-state index in [0.29, 0.717) is 10.6 Å². The van der Waals surface area contributed by atoms with Gasteiger partial charge in [0.1, 0.15) is 0 Å².